The zero-order valence-electron chi connectivity index (χ0n) is 19.1. The van der Waals surface area contributed by atoms with Crippen molar-refractivity contribution in [2.24, 2.45) is 5.92 Å². The van der Waals surface area contributed by atoms with Crippen LogP contribution in [-0.2, 0) is 6.11 Å². The molecule has 4 rings (SSSR count). The Morgan fingerprint density at radius 2 is 1.31 bits per heavy atom. The Morgan fingerprint density at radius 1 is 0.743 bits per heavy atom. The number of hydrogen-bond donors (Lipinski definition) is 0. The van der Waals surface area contributed by atoms with Crippen molar-refractivity contribution in [1.82, 2.24) is 0 Å². The molecule has 1 aliphatic rings. The Labute approximate surface area is 198 Å². The summed E-state index contributed by atoms with van der Waals surface area (Å²) in [5, 5.41) is 0. The third-order valence-corrected chi connectivity index (χ3v) is 6.66. The predicted molar refractivity (Wildman–Crippen MR) is 118 cm³/mol. The van der Waals surface area contributed by atoms with Gasteiger partial charge in [0.2, 0.25) is 0 Å². The largest absolute Gasteiger partial charge is 0.432 e. The Hall–Kier alpha value is -3.03. The number of ether oxygens (including phenoxy) is 1. The highest BCUT2D eigenvalue weighted by molar-refractivity contribution is 5.64. The lowest BCUT2D eigenvalue weighted by Crippen LogP contribution is -2.26. The molecule has 8 heteroatoms. The number of alkyl halides is 2. The zero-order chi connectivity index (χ0) is 25.5. The van der Waals surface area contributed by atoms with Gasteiger partial charge in [-0.2, -0.15) is 8.78 Å². The maximum Gasteiger partial charge on any atom is 0.432 e. The Bertz CT molecular complexity index is 1210. The average molecular weight is 496 g/mol. The minimum absolute atomic E-state index is 0.0402. The number of hydrogen-bond acceptors (Lipinski definition) is 1. The van der Waals surface area contributed by atoms with Gasteiger partial charge in [-0.05, 0) is 60.4 Å². The first-order valence-electron chi connectivity index (χ1n) is 11.3. The fourth-order valence-corrected chi connectivity index (χ4v) is 4.52. The van der Waals surface area contributed by atoms with Crippen LogP contribution in [0.5, 0.6) is 5.75 Å². The van der Waals surface area contributed by atoms with E-state index >= 15 is 0 Å². The zero-order valence-corrected chi connectivity index (χ0v) is 19.1. The summed E-state index contributed by atoms with van der Waals surface area (Å²) in [5.74, 6) is -8.56. The first kappa shape index (κ1) is 25.1. The monoisotopic (exact) mass is 496 g/mol. The molecular weight excluding hydrogens is 473 g/mol. The highest BCUT2D eigenvalue weighted by Gasteiger charge is 2.42. The lowest BCUT2D eigenvalue weighted by Gasteiger charge is -2.26. The summed E-state index contributed by atoms with van der Waals surface area (Å²) in [6.45, 7) is 3.09. The molecule has 0 heterocycles. The highest BCUT2D eigenvalue weighted by atomic mass is 19.3. The van der Waals surface area contributed by atoms with Crippen molar-refractivity contribution in [3.05, 3.63) is 88.2 Å². The predicted octanol–water partition coefficient (Wildman–Crippen LogP) is 8.78. The van der Waals surface area contributed by atoms with Gasteiger partial charge in [0.1, 0.15) is 22.9 Å². The van der Waals surface area contributed by atoms with Gasteiger partial charge in [-0.3, -0.25) is 0 Å². The minimum Gasteiger partial charge on any atom is -0.428 e. The fourth-order valence-electron chi connectivity index (χ4n) is 4.52. The van der Waals surface area contributed by atoms with Crippen LogP contribution in [0.1, 0.15) is 55.2 Å². The van der Waals surface area contributed by atoms with E-state index in [0.717, 1.165) is 50.3 Å². The maximum absolute atomic E-state index is 14.7. The van der Waals surface area contributed by atoms with Gasteiger partial charge in [0.15, 0.2) is 17.5 Å². The van der Waals surface area contributed by atoms with Gasteiger partial charge in [-0.25, -0.2) is 22.0 Å². The van der Waals surface area contributed by atoms with Crippen LogP contribution in [-0.4, -0.2) is 0 Å². The molecule has 3 aromatic carbocycles. The van der Waals surface area contributed by atoms with Crippen molar-refractivity contribution < 1.29 is 35.5 Å². The molecule has 0 aromatic heterocycles. The van der Waals surface area contributed by atoms with E-state index in [4.69, 9.17) is 0 Å². The number of halogens is 7. The smallest absolute Gasteiger partial charge is 0.428 e. The van der Waals surface area contributed by atoms with Crippen LogP contribution in [0.4, 0.5) is 30.7 Å². The van der Waals surface area contributed by atoms with Crippen LogP contribution in [0.25, 0.3) is 11.1 Å². The number of benzene rings is 3. The Kier molecular flexibility index (Phi) is 6.84. The summed E-state index contributed by atoms with van der Waals surface area (Å²) in [5.41, 5.74) is -0.900. The van der Waals surface area contributed by atoms with Crippen LogP contribution in [0.3, 0.4) is 0 Å². The molecule has 0 bridgehead atoms. The minimum atomic E-state index is -4.63. The number of rotatable bonds is 5. The van der Waals surface area contributed by atoms with E-state index in [9.17, 15) is 30.7 Å². The van der Waals surface area contributed by atoms with Gasteiger partial charge in [0.25, 0.3) is 0 Å². The molecule has 1 nitrogen and oxygen atoms in total. The van der Waals surface area contributed by atoms with E-state index in [1.165, 1.54) is 0 Å². The van der Waals surface area contributed by atoms with Gasteiger partial charge in [0.05, 0.1) is 0 Å². The lowest BCUT2D eigenvalue weighted by atomic mass is 9.79. The summed E-state index contributed by atoms with van der Waals surface area (Å²) in [6, 6.07) is 8.79. The van der Waals surface area contributed by atoms with Crippen molar-refractivity contribution in [3.8, 4) is 16.9 Å². The topological polar surface area (TPSA) is 9.23 Å². The van der Waals surface area contributed by atoms with Gasteiger partial charge < -0.3 is 4.74 Å². The molecule has 186 valence electrons. The molecule has 1 saturated carbocycles. The molecule has 0 saturated heterocycles. The van der Waals surface area contributed by atoms with E-state index in [1.54, 1.807) is 12.1 Å². The normalized spacial score (nSPS) is 18.5. The lowest BCUT2D eigenvalue weighted by molar-refractivity contribution is -0.190. The molecule has 35 heavy (non-hydrogen) atoms. The van der Waals surface area contributed by atoms with E-state index in [2.05, 4.69) is 11.7 Å². The highest BCUT2D eigenvalue weighted by Crippen LogP contribution is 2.40. The van der Waals surface area contributed by atoms with Crippen LogP contribution in [0.15, 0.2) is 42.5 Å². The molecule has 0 radical (unpaired) electrons. The summed E-state index contributed by atoms with van der Waals surface area (Å²) in [6.07, 6.45) is -0.228. The molecule has 0 unspecified atom stereocenters. The van der Waals surface area contributed by atoms with E-state index in [-0.39, 0.29) is 11.6 Å². The molecule has 0 amide bonds. The fraction of sp³-hybridized carbons (Fsp3) is 0.333. The molecule has 1 fully saturated rings. The van der Waals surface area contributed by atoms with Crippen molar-refractivity contribution in [3.63, 3.8) is 0 Å². The van der Waals surface area contributed by atoms with Crippen LogP contribution in [0.2, 0.25) is 0 Å². The van der Waals surface area contributed by atoms with Gasteiger partial charge in [-0.1, -0.05) is 44.0 Å². The summed E-state index contributed by atoms with van der Waals surface area (Å²) in [7, 11) is 0. The average Bonchev–Trinajstić information content (AvgIpc) is 2.81. The van der Waals surface area contributed by atoms with E-state index in [0.29, 0.717) is 17.4 Å². The third kappa shape index (κ3) is 5.02. The summed E-state index contributed by atoms with van der Waals surface area (Å²) < 4.78 is 104. The maximum atomic E-state index is 14.7. The van der Waals surface area contributed by atoms with E-state index in [1.807, 2.05) is 12.1 Å². The van der Waals surface area contributed by atoms with Crippen molar-refractivity contribution >= 4 is 0 Å². The SMILES string of the molecule is Cc1c(OC(F)(F)c2c(F)cc(-c3ccc(C4CCC(C)CC4)cc3)cc2F)cc(F)c(F)c1F. The van der Waals surface area contributed by atoms with Crippen molar-refractivity contribution in [1.29, 1.82) is 0 Å². The molecule has 0 atom stereocenters. The third-order valence-electron chi connectivity index (χ3n) is 6.66. The quantitative estimate of drug-likeness (QED) is 0.253. The second-order valence-corrected chi connectivity index (χ2v) is 9.12. The van der Waals surface area contributed by atoms with Crippen LogP contribution in [0, 0.1) is 41.9 Å². The van der Waals surface area contributed by atoms with Gasteiger partial charge in [0, 0.05) is 11.6 Å². The second kappa shape index (κ2) is 9.55. The van der Waals surface area contributed by atoms with Crippen LogP contribution >= 0.6 is 0 Å². The van der Waals surface area contributed by atoms with Gasteiger partial charge >= 0.3 is 6.11 Å². The molecule has 0 spiro atoms. The molecular formula is C27H23F7O. The first-order chi connectivity index (χ1) is 16.5. The Balaban J connectivity index is 1.60. The molecule has 3 aromatic rings. The Morgan fingerprint density at radius 3 is 1.89 bits per heavy atom. The van der Waals surface area contributed by atoms with Crippen LogP contribution < -0.4 is 4.74 Å². The molecule has 0 N–H and O–H groups in total. The van der Waals surface area contributed by atoms with Gasteiger partial charge in [-0.15, -0.1) is 0 Å². The molecule has 0 aliphatic heterocycles. The second-order valence-electron chi connectivity index (χ2n) is 9.12. The summed E-state index contributed by atoms with van der Waals surface area (Å²) >= 11 is 0. The van der Waals surface area contributed by atoms with E-state index < -0.39 is 52.1 Å². The van der Waals surface area contributed by atoms with Crippen molar-refractivity contribution in [2.45, 2.75) is 51.6 Å². The molecule has 1 aliphatic carbocycles. The summed E-state index contributed by atoms with van der Waals surface area (Å²) in [4.78, 5) is 0. The standard InChI is InChI=1S/C27H23F7O/c1-14-3-5-16(6-4-14)17-7-9-18(10-8-17)19-11-20(28)24(21(29)12-19)27(33,34)35-23-13-22(30)26(32)25(31)15(23)2/h7-14,16H,3-6H2,1-2H3. The van der Waals surface area contributed by atoms with Crippen molar-refractivity contribution in [2.75, 3.05) is 0 Å². The first-order valence-corrected chi connectivity index (χ1v) is 11.3.